The highest BCUT2D eigenvalue weighted by atomic mass is 16.3. The maximum atomic E-state index is 12.4. The standard InChI is InChI=1S/C15H21N3O2/c19-11-14-10-17(6-7-18(14)13-8-16-9-13)15(20)12-4-2-1-3-5-12/h1-5,13-14,16,19H,6-11H2. The first kappa shape index (κ1) is 13.5. The average Bonchev–Trinajstić information content (AvgIpc) is 2.46. The van der Waals surface area contributed by atoms with Gasteiger partial charge in [-0.3, -0.25) is 9.69 Å². The van der Waals surface area contributed by atoms with Crippen LogP contribution in [0.1, 0.15) is 10.4 Å². The fraction of sp³-hybridized carbons (Fsp3) is 0.533. The van der Waals surface area contributed by atoms with Crippen molar-refractivity contribution in [2.24, 2.45) is 0 Å². The van der Waals surface area contributed by atoms with E-state index in [1.165, 1.54) is 0 Å². The van der Waals surface area contributed by atoms with E-state index in [0.29, 0.717) is 12.6 Å². The Morgan fingerprint density at radius 1 is 1.25 bits per heavy atom. The normalized spacial score (nSPS) is 24.4. The Labute approximate surface area is 119 Å². The number of nitrogens with zero attached hydrogens (tertiary/aromatic N) is 2. The third-order valence-electron chi connectivity index (χ3n) is 4.28. The molecule has 0 aliphatic carbocycles. The minimum Gasteiger partial charge on any atom is -0.395 e. The third-order valence-corrected chi connectivity index (χ3v) is 4.28. The Morgan fingerprint density at radius 3 is 2.60 bits per heavy atom. The van der Waals surface area contributed by atoms with E-state index in [1.54, 1.807) is 0 Å². The van der Waals surface area contributed by atoms with E-state index in [-0.39, 0.29) is 18.6 Å². The van der Waals surface area contributed by atoms with Crippen molar-refractivity contribution in [2.45, 2.75) is 12.1 Å². The molecule has 1 aromatic carbocycles. The average molecular weight is 275 g/mol. The predicted octanol–water partition coefficient (Wildman–Crippen LogP) is -0.223. The highest BCUT2D eigenvalue weighted by molar-refractivity contribution is 5.94. The molecule has 20 heavy (non-hydrogen) atoms. The number of carbonyl (C=O) groups is 1. The Morgan fingerprint density at radius 2 is 2.00 bits per heavy atom. The van der Waals surface area contributed by atoms with Gasteiger partial charge in [0.25, 0.3) is 5.91 Å². The molecule has 2 aliphatic heterocycles. The van der Waals surface area contributed by atoms with Gasteiger partial charge in [-0.25, -0.2) is 0 Å². The van der Waals surface area contributed by atoms with Crippen LogP contribution >= 0.6 is 0 Å². The number of rotatable bonds is 3. The van der Waals surface area contributed by atoms with Crippen molar-refractivity contribution in [1.82, 2.24) is 15.1 Å². The second-order valence-corrected chi connectivity index (χ2v) is 5.50. The van der Waals surface area contributed by atoms with Crippen molar-refractivity contribution < 1.29 is 9.90 Å². The van der Waals surface area contributed by atoms with Crippen molar-refractivity contribution in [1.29, 1.82) is 0 Å². The number of nitrogens with one attached hydrogen (secondary N) is 1. The van der Waals surface area contributed by atoms with Crippen LogP contribution in [0.3, 0.4) is 0 Å². The first-order valence-corrected chi connectivity index (χ1v) is 7.21. The molecule has 0 bridgehead atoms. The van der Waals surface area contributed by atoms with Gasteiger partial charge in [0.2, 0.25) is 0 Å². The molecular formula is C15H21N3O2. The fourth-order valence-electron chi connectivity index (χ4n) is 2.97. The van der Waals surface area contributed by atoms with Gasteiger partial charge in [0.1, 0.15) is 0 Å². The highest BCUT2D eigenvalue weighted by Gasteiger charge is 2.35. The molecule has 1 atom stereocenters. The van der Waals surface area contributed by atoms with Crippen molar-refractivity contribution in [2.75, 3.05) is 39.3 Å². The first-order valence-electron chi connectivity index (χ1n) is 7.21. The van der Waals surface area contributed by atoms with Crippen LogP contribution in [0.25, 0.3) is 0 Å². The Bertz CT molecular complexity index is 461. The van der Waals surface area contributed by atoms with Crippen molar-refractivity contribution >= 4 is 5.91 Å². The number of aliphatic hydroxyl groups excluding tert-OH is 1. The molecule has 1 aromatic rings. The van der Waals surface area contributed by atoms with E-state index in [9.17, 15) is 9.90 Å². The lowest BCUT2D eigenvalue weighted by atomic mass is 10.0. The summed E-state index contributed by atoms with van der Waals surface area (Å²) in [5.41, 5.74) is 0.725. The SMILES string of the molecule is O=C(c1ccccc1)N1CCN(C2CNC2)C(CO)C1. The van der Waals surface area contributed by atoms with Crippen LogP contribution < -0.4 is 5.32 Å². The van der Waals surface area contributed by atoms with Crippen LogP contribution in [0.15, 0.2) is 30.3 Å². The Balaban J connectivity index is 1.66. The maximum absolute atomic E-state index is 12.4. The van der Waals surface area contributed by atoms with E-state index >= 15 is 0 Å². The summed E-state index contributed by atoms with van der Waals surface area (Å²) >= 11 is 0. The fourth-order valence-corrected chi connectivity index (χ4v) is 2.97. The molecular weight excluding hydrogens is 254 g/mol. The molecule has 0 aromatic heterocycles. The monoisotopic (exact) mass is 275 g/mol. The van der Waals surface area contributed by atoms with E-state index in [4.69, 9.17) is 0 Å². The minimum absolute atomic E-state index is 0.0588. The smallest absolute Gasteiger partial charge is 0.253 e. The van der Waals surface area contributed by atoms with Crippen LogP contribution in [0.4, 0.5) is 0 Å². The Hall–Kier alpha value is -1.43. The first-order chi connectivity index (χ1) is 9.79. The number of carbonyl (C=O) groups excluding carboxylic acids is 1. The van der Waals surface area contributed by atoms with Crippen molar-refractivity contribution in [3.63, 3.8) is 0 Å². The van der Waals surface area contributed by atoms with E-state index < -0.39 is 0 Å². The quantitative estimate of drug-likeness (QED) is 0.800. The summed E-state index contributed by atoms with van der Waals surface area (Å²) in [4.78, 5) is 16.6. The molecule has 1 amide bonds. The Kier molecular flexibility index (Phi) is 4.00. The highest BCUT2D eigenvalue weighted by Crippen LogP contribution is 2.17. The van der Waals surface area contributed by atoms with Crippen molar-refractivity contribution in [3.8, 4) is 0 Å². The summed E-state index contributed by atoms with van der Waals surface area (Å²) in [5.74, 6) is 0.0652. The summed E-state index contributed by atoms with van der Waals surface area (Å²) in [6, 6.07) is 9.94. The van der Waals surface area contributed by atoms with Gasteiger partial charge in [-0.05, 0) is 12.1 Å². The van der Waals surface area contributed by atoms with Gasteiger partial charge in [0.05, 0.1) is 12.6 Å². The molecule has 0 saturated carbocycles. The molecule has 108 valence electrons. The van der Waals surface area contributed by atoms with Gasteiger partial charge in [-0.1, -0.05) is 18.2 Å². The summed E-state index contributed by atoms with van der Waals surface area (Å²) in [6.07, 6.45) is 0. The number of hydrogen-bond acceptors (Lipinski definition) is 4. The topological polar surface area (TPSA) is 55.8 Å². The summed E-state index contributed by atoms with van der Waals surface area (Å²) in [5, 5.41) is 12.9. The number of aliphatic hydroxyl groups is 1. The second-order valence-electron chi connectivity index (χ2n) is 5.50. The maximum Gasteiger partial charge on any atom is 0.253 e. The van der Waals surface area contributed by atoms with Crippen molar-refractivity contribution in [3.05, 3.63) is 35.9 Å². The summed E-state index contributed by atoms with van der Waals surface area (Å²) in [6.45, 7) is 4.28. The molecule has 0 radical (unpaired) electrons. The molecule has 2 saturated heterocycles. The molecule has 2 N–H and O–H groups in total. The predicted molar refractivity (Wildman–Crippen MR) is 76.6 cm³/mol. The summed E-state index contributed by atoms with van der Waals surface area (Å²) < 4.78 is 0. The number of piperazine rings is 1. The van der Waals surface area contributed by atoms with Crippen LogP contribution in [-0.4, -0.2) is 72.2 Å². The molecule has 5 heteroatoms. The summed E-state index contributed by atoms with van der Waals surface area (Å²) in [7, 11) is 0. The van der Waals surface area contributed by atoms with Crippen LogP contribution in [0, 0.1) is 0 Å². The lowest BCUT2D eigenvalue weighted by Crippen LogP contribution is -2.66. The molecule has 2 aliphatic rings. The van der Waals surface area contributed by atoms with Gasteiger partial charge in [0, 0.05) is 44.3 Å². The molecule has 3 rings (SSSR count). The zero-order valence-electron chi connectivity index (χ0n) is 11.5. The zero-order valence-corrected chi connectivity index (χ0v) is 11.5. The van der Waals surface area contributed by atoms with Crippen LogP contribution in [-0.2, 0) is 0 Å². The largest absolute Gasteiger partial charge is 0.395 e. The van der Waals surface area contributed by atoms with Gasteiger partial charge in [-0.2, -0.15) is 0 Å². The molecule has 0 spiro atoms. The molecule has 1 unspecified atom stereocenters. The third kappa shape index (κ3) is 2.57. The van der Waals surface area contributed by atoms with E-state index in [1.807, 2.05) is 35.2 Å². The number of hydrogen-bond donors (Lipinski definition) is 2. The molecule has 5 nitrogen and oxygen atoms in total. The number of amides is 1. The van der Waals surface area contributed by atoms with Crippen LogP contribution in [0.5, 0.6) is 0 Å². The van der Waals surface area contributed by atoms with Gasteiger partial charge in [0.15, 0.2) is 0 Å². The zero-order chi connectivity index (χ0) is 13.9. The molecule has 2 fully saturated rings. The van der Waals surface area contributed by atoms with Gasteiger partial charge < -0.3 is 15.3 Å². The van der Waals surface area contributed by atoms with Gasteiger partial charge >= 0.3 is 0 Å². The lowest BCUT2D eigenvalue weighted by molar-refractivity contribution is 0.000354. The van der Waals surface area contributed by atoms with E-state index in [0.717, 1.165) is 31.7 Å². The van der Waals surface area contributed by atoms with Gasteiger partial charge in [-0.15, -0.1) is 0 Å². The lowest BCUT2D eigenvalue weighted by Gasteiger charge is -2.47. The molecule has 2 heterocycles. The minimum atomic E-state index is 0.0588. The number of benzene rings is 1. The second kappa shape index (κ2) is 5.91. The van der Waals surface area contributed by atoms with Crippen LogP contribution in [0.2, 0.25) is 0 Å². The van der Waals surface area contributed by atoms with E-state index in [2.05, 4.69) is 10.2 Å².